The summed E-state index contributed by atoms with van der Waals surface area (Å²) < 4.78 is 0.962. The van der Waals surface area contributed by atoms with Crippen LogP contribution in [-0.4, -0.2) is 29.9 Å². The maximum atomic E-state index is 12.1. The Morgan fingerprint density at radius 3 is 2.55 bits per heavy atom. The number of nitrogens with two attached hydrogens (primary N) is 1. The van der Waals surface area contributed by atoms with Crippen molar-refractivity contribution < 1.29 is 9.59 Å². The highest BCUT2D eigenvalue weighted by Gasteiger charge is 2.16. The van der Waals surface area contributed by atoms with Crippen molar-refractivity contribution in [1.29, 1.82) is 0 Å². The molecule has 1 aromatic carbocycles. The summed E-state index contributed by atoms with van der Waals surface area (Å²) in [6, 6.07) is 7.07. The van der Waals surface area contributed by atoms with E-state index in [9.17, 15) is 9.59 Å². The zero-order valence-corrected chi connectivity index (χ0v) is 13.3. The van der Waals surface area contributed by atoms with Crippen molar-refractivity contribution >= 4 is 27.9 Å². The van der Waals surface area contributed by atoms with Crippen LogP contribution in [0.2, 0.25) is 0 Å². The summed E-state index contributed by atoms with van der Waals surface area (Å²) in [7, 11) is 0. The van der Waals surface area contributed by atoms with E-state index in [2.05, 4.69) is 21.2 Å². The van der Waals surface area contributed by atoms with E-state index < -0.39 is 6.03 Å². The molecule has 0 heterocycles. The molecule has 0 radical (unpaired) electrons. The van der Waals surface area contributed by atoms with E-state index in [1.165, 1.54) is 0 Å². The van der Waals surface area contributed by atoms with Crippen molar-refractivity contribution in [3.8, 4) is 0 Å². The highest BCUT2D eigenvalue weighted by Crippen LogP contribution is 2.18. The fourth-order valence-corrected chi connectivity index (χ4v) is 2.21. The van der Waals surface area contributed by atoms with Gasteiger partial charge in [-0.2, -0.15) is 0 Å². The number of nitrogens with zero attached hydrogens (tertiary/aromatic N) is 1. The Hall–Kier alpha value is -1.56. The molecule has 0 aromatic heterocycles. The minimum absolute atomic E-state index is 0.0769. The molecule has 0 aliphatic carbocycles. The van der Waals surface area contributed by atoms with Gasteiger partial charge in [0.15, 0.2) is 0 Å². The lowest BCUT2D eigenvalue weighted by atomic mass is 10.1. The van der Waals surface area contributed by atoms with Crippen molar-refractivity contribution in [1.82, 2.24) is 10.2 Å². The third-order valence-electron chi connectivity index (χ3n) is 2.67. The van der Waals surface area contributed by atoms with Crippen LogP contribution in [0.15, 0.2) is 28.7 Å². The van der Waals surface area contributed by atoms with Crippen LogP contribution in [-0.2, 0) is 11.3 Å². The number of carbonyl (C=O) groups is 2. The third kappa shape index (κ3) is 5.61. The van der Waals surface area contributed by atoms with Gasteiger partial charge in [-0.05, 0) is 17.5 Å². The molecule has 5 nitrogen and oxygen atoms in total. The van der Waals surface area contributed by atoms with Crippen molar-refractivity contribution in [3.05, 3.63) is 34.3 Å². The maximum absolute atomic E-state index is 12.1. The Kier molecular flexibility index (Phi) is 6.51. The van der Waals surface area contributed by atoms with Gasteiger partial charge in [0.05, 0.1) is 6.54 Å². The van der Waals surface area contributed by atoms with Gasteiger partial charge < -0.3 is 16.0 Å². The first-order valence-electron chi connectivity index (χ1n) is 6.44. The van der Waals surface area contributed by atoms with E-state index >= 15 is 0 Å². The summed E-state index contributed by atoms with van der Waals surface area (Å²) in [5, 5.41) is 2.34. The minimum atomic E-state index is -0.691. The van der Waals surface area contributed by atoms with Crippen LogP contribution in [0, 0.1) is 5.92 Å². The first kappa shape index (κ1) is 16.5. The van der Waals surface area contributed by atoms with E-state index in [4.69, 9.17) is 5.73 Å². The SMILES string of the molecule is CC(C)CN(Cc1ccccc1Br)C(=O)CNC(N)=O. The fraction of sp³-hybridized carbons (Fsp3) is 0.429. The first-order valence-corrected chi connectivity index (χ1v) is 7.24. The predicted octanol–water partition coefficient (Wildman–Crippen LogP) is 2.10. The van der Waals surface area contributed by atoms with Crippen molar-refractivity contribution in [2.75, 3.05) is 13.1 Å². The number of benzene rings is 1. The quantitative estimate of drug-likeness (QED) is 0.831. The zero-order chi connectivity index (χ0) is 15.1. The largest absolute Gasteiger partial charge is 0.352 e. The van der Waals surface area contributed by atoms with E-state index in [-0.39, 0.29) is 12.5 Å². The van der Waals surface area contributed by atoms with Crippen molar-refractivity contribution in [2.24, 2.45) is 11.7 Å². The fourth-order valence-electron chi connectivity index (χ4n) is 1.80. The van der Waals surface area contributed by atoms with Crippen LogP contribution in [0.4, 0.5) is 4.79 Å². The van der Waals surface area contributed by atoms with Gasteiger partial charge in [-0.15, -0.1) is 0 Å². The Morgan fingerprint density at radius 2 is 2.00 bits per heavy atom. The molecular formula is C14H20BrN3O2. The molecule has 1 rings (SSSR count). The van der Waals surface area contributed by atoms with Crippen LogP contribution in [0.25, 0.3) is 0 Å². The average Bonchev–Trinajstić information content (AvgIpc) is 2.37. The zero-order valence-electron chi connectivity index (χ0n) is 11.7. The van der Waals surface area contributed by atoms with Gasteiger partial charge >= 0.3 is 6.03 Å². The molecule has 0 spiro atoms. The molecule has 0 fully saturated rings. The third-order valence-corrected chi connectivity index (χ3v) is 3.44. The Labute approximate surface area is 127 Å². The molecule has 0 aliphatic rings. The van der Waals surface area contributed by atoms with E-state index in [0.717, 1.165) is 10.0 Å². The van der Waals surface area contributed by atoms with Crippen LogP contribution in [0.1, 0.15) is 19.4 Å². The number of rotatable bonds is 6. The number of amides is 3. The molecule has 0 unspecified atom stereocenters. The van der Waals surface area contributed by atoms with Crippen LogP contribution in [0.5, 0.6) is 0 Å². The van der Waals surface area contributed by atoms with Gasteiger partial charge in [0.2, 0.25) is 5.91 Å². The highest BCUT2D eigenvalue weighted by molar-refractivity contribution is 9.10. The molecule has 3 amide bonds. The van der Waals surface area contributed by atoms with Gasteiger partial charge in [-0.1, -0.05) is 48.0 Å². The average molecular weight is 342 g/mol. The molecule has 0 saturated carbocycles. The van der Waals surface area contributed by atoms with Gasteiger partial charge in [-0.3, -0.25) is 4.79 Å². The summed E-state index contributed by atoms with van der Waals surface area (Å²) in [6.45, 7) is 5.13. The number of nitrogens with one attached hydrogen (secondary N) is 1. The molecule has 0 bridgehead atoms. The second-order valence-corrected chi connectivity index (χ2v) is 5.83. The monoisotopic (exact) mass is 341 g/mol. The molecule has 0 saturated heterocycles. The normalized spacial score (nSPS) is 10.4. The van der Waals surface area contributed by atoms with Gasteiger partial charge in [0.1, 0.15) is 0 Å². The lowest BCUT2D eigenvalue weighted by Crippen LogP contribution is -2.42. The van der Waals surface area contributed by atoms with E-state index in [1.54, 1.807) is 4.90 Å². The molecule has 1 aromatic rings. The highest BCUT2D eigenvalue weighted by atomic mass is 79.9. The lowest BCUT2D eigenvalue weighted by molar-refractivity contribution is -0.131. The van der Waals surface area contributed by atoms with Crippen LogP contribution < -0.4 is 11.1 Å². The second kappa shape index (κ2) is 7.89. The molecule has 20 heavy (non-hydrogen) atoms. The molecular weight excluding hydrogens is 322 g/mol. The summed E-state index contributed by atoms with van der Waals surface area (Å²) >= 11 is 3.47. The van der Waals surface area contributed by atoms with E-state index in [0.29, 0.717) is 19.0 Å². The van der Waals surface area contributed by atoms with Crippen LogP contribution in [0.3, 0.4) is 0 Å². The lowest BCUT2D eigenvalue weighted by Gasteiger charge is -2.25. The number of halogens is 1. The van der Waals surface area contributed by atoms with Gasteiger partial charge in [-0.25, -0.2) is 4.79 Å². The Morgan fingerprint density at radius 1 is 1.35 bits per heavy atom. The van der Waals surface area contributed by atoms with E-state index in [1.807, 2.05) is 38.1 Å². The summed E-state index contributed by atoms with van der Waals surface area (Å²) in [5.41, 5.74) is 6.02. The minimum Gasteiger partial charge on any atom is -0.352 e. The number of primary amides is 1. The molecule has 110 valence electrons. The number of urea groups is 1. The maximum Gasteiger partial charge on any atom is 0.312 e. The Bertz CT molecular complexity index is 477. The molecule has 3 N–H and O–H groups in total. The molecule has 6 heteroatoms. The summed E-state index contributed by atoms with van der Waals surface area (Å²) in [4.78, 5) is 24.6. The summed E-state index contributed by atoms with van der Waals surface area (Å²) in [6.07, 6.45) is 0. The predicted molar refractivity (Wildman–Crippen MR) is 82.0 cm³/mol. The standard InChI is InChI=1S/C14H20BrN3O2/c1-10(2)8-18(13(19)7-17-14(16)20)9-11-5-3-4-6-12(11)15/h3-6,10H,7-9H2,1-2H3,(H3,16,17,20). The number of hydrogen-bond donors (Lipinski definition) is 2. The summed E-state index contributed by atoms with van der Waals surface area (Å²) in [5.74, 6) is 0.197. The van der Waals surface area contributed by atoms with Gasteiger partial charge in [0, 0.05) is 17.6 Å². The van der Waals surface area contributed by atoms with Crippen molar-refractivity contribution in [2.45, 2.75) is 20.4 Å². The Balaban J connectivity index is 2.76. The second-order valence-electron chi connectivity index (χ2n) is 4.98. The van der Waals surface area contributed by atoms with Gasteiger partial charge in [0.25, 0.3) is 0 Å². The smallest absolute Gasteiger partial charge is 0.312 e. The van der Waals surface area contributed by atoms with Crippen molar-refractivity contribution in [3.63, 3.8) is 0 Å². The topological polar surface area (TPSA) is 75.4 Å². The molecule has 0 atom stereocenters. The first-order chi connectivity index (χ1) is 9.40. The van der Waals surface area contributed by atoms with Crippen LogP contribution >= 0.6 is 15.9 Å². The number of hydrogen-bond acceptors (Lipinski definition) is 2. The number of carbonyl (C=O) groups excluding carboxylic acids is 2. The molecule has 0 aliphatic heterocycles.